The van der Waals surface area contributed by atoms with Gasteiger partial charge in [-0.25, -0.2) is 4.79 Å². The minimum atomic E-state index is -1.14. The molecule has 0 radical (unpaired) electrons. The number of carboxylic acids is 1. The van der Waals surface area contributed by atoms with Gasteiger partial charge in [0.05, 0.1) is 0 Å². The van der Waals surface area contributed by atoms with Crippen molar-refractivity contribution in [1.82, 2.24) is 4.90 Å². The zero-order valence-corrected chi connectivity index (χ0v) is 11.0. The van der Waals surface area contributed by atoms with Crippen molar-refractivity contribution in [2.75, 3.05) is 6.54 Å². The van der Waals surface area contributed by atoms with Crippen LogP contribution < -0.4 is 0 Å². The first-order valence-electron chi connectivity index (χ1n) is 6.21. The first kappa shape index (κ1) is 13.4. The predicted octanol–water partition coefficient (Wildman–Crippen LogP) is 1.78. The minimum Gasteiger partial charge on any atom is -0.508 e. The van der Waals surface area contributed by atoms with Crippen molar-refractivity contribution in [3.05, 3.63) is 29.3 Å². The van der Waals surface area contributed by atoms with Gasteiger partial charge < -0.3 is 15.1 Å². The third-order valence-corrected chi connectivity index (χ3v) is 3.79. The van der Waals surface area contributed by atoms with Crippen LogP contribution in [0.15, 0.2) is 18.2 Å². The summed E-state index contributed by atoms with van der Waals surface area (Å²) in [6, 6.07) is 4.48. The van der Waals surface area contributed by atoms with E-state index in [1.54, 1.807) is 13.8 Å². The Labute approximate surface area is 111 Å². The van der Waals surface area contributed by atoms with E-state index in [4.69, 9.17) is 0 Å². The van der Waals surface area contributed by atoms with Crippen LogP contribution in [-0.2, 0) is 4.79 Å². The number of amides is 1. The standard InChI is InChI=1S/C14H17NO4/c1-9-8-10(16)4-5-11(9)12(17)15-7-3-6-14(15,2)13(18)19/h4-5,8,16H,3,6-7H2,1-2H3,(H,18,19). The molecule has 0 saturated carbocycles. The Morgan fingerprint density at radius 2 is 2.05 bits per heavy atom. The number of nitrogens with zero attached hydrogens (tertiary/aromatic N) is 1. The zero-order valence-electron chi connectivity index (χ0n) is 11.0. The number of phenols is 1. The van der Waals surface area contributed by atoms with Gasteiger partial charge in [-0.15, -0.1) is 0 Å². The second-order valence-electron chi connectivity index (χ2n) is 5.14. The van der Waals surface area contributed by atoms with Gasteiger partial charge in [0.15, 0.2) is 0 Å². The first-order chi connectivity index (χ1) is 8.86. The van der Waals surface area contributed by atoms with Crippen LogP contribution in [0.4, 0.5) is 0 Å². The Morgan fingerprint density at radius 1 is 1.37 bits per heavy atom. The number of carbonyl (C=O) groups is 2. The predicted molar refractivity (Wildman–Crippen MR) is 69.2 cm³/mol. The second-order valence-corrected chi connectivity index (χ2v) is 5.14. The molecule has 19 heavy (non-hydrogen) atoms. The molecule has 102 valence electrons. The molecule has 1 amide bonds. The van der Waals surface area contributed by atoms with E-state index in [9.17, 15) is 19.8 Å². The van der Waals surface area contributed by atoms with Crippen molar-refractivity contribution in [2.24, 2.45) is 0 Å². The first-order valence-corrected chi connectivity index (χ1v) is 6.21. The van der Waals surface area contributed by atoms with E-state index < -0.39 is 11.5 Å². The molecule has 1 aromatic rings. The summed E-state index contributed by atoms with van der Waals surface area (Å²) in [6.07, 6.45) is 1.15. The highest BCUT2D eigenvalue weighted by molar-refractivity contribution is 5.99. The fraction of sp³-hybridized carbons (Fsp3) is 0.429. The lowest BCUT2D eigenvalue weighted by Gasteiger charge is -2.31. The molecule has 1 heterocycles. The lowest BCUT2D eigenvalue weighted by molar-refractivity contribution is -0.147. The third kappa shape index (κ3) is 2.16. The Hall–Kier alpha value is -2.04. The van der Waals surface area contributed by atoms with Crippen LogP contribution >= 0.6 is 0 Å². The molecular formula is C14H17NO4. The summed E-state index contributed by atoms with van der Waals surface area (Å²) in [5, 5.41) is 18.7. The molecule has 1 aliphatic heterocycles. The number of aryl methyl sites for hydroxylation is 1. The third-order valence-electron chi connectivity index (χ3n) is 3.79. The SMILES string of the molecule is Cc1cc(O)ccc1C(=O)N1CCCC1(C)C(=O)O. The Kier molecular flexibility index (Phi) is 3.22. The topological polar surface area (TPSA) is 77.8 Å². The van der Waals surface area contributed by atoms with Gasteiger partial charge in [0.2, 0.25) is 0 Å². The number of likely N-dealkylation sites (tertiary alicyclic amines) is 1. The molecule has 1 aliphatic rings. The number of aliphatic carboxylic acids is 1. The average molecular weight is 263 g/mol. The molecule has 0 aliphatic carbocycles. The van der Waals surface area contributed by atoms with Gasteiger partial charge in [0.25, 0.3) is 5.91 Å². The van der Waals surface area contributed by atoms with Crippen LogP contribution in [0.2, 0.25) is 0 Å². The lowest BCUT2D eigenvalue weighted by Crippen LogP contribution is -2.50. The van der Waals surface area contributed by atoms with E-state index in [2.05, 4.69) is 0 Å². The van der Waals surface area contributed by atoms with Gasteiger partial charge in [-0.05, 0) is 50.5 Å². The van der Waals surface area contributed by atoms with Crippen molar-refractivity contribution in [3.63, 3.8) is 0 Å². The van der Waals surface area contributed by atoms with Crippen LogP contribution in [0.3, 0.4) is 0 Å². The van der Waals surface area contributed by atoms with Gasteiger partial charge in [-0.2, -0.15) is 0 Å². The Balaban J connectivity index is 2.36. The van der Waals surface area contributed by atoms with Gasteiger partial charge in [-0.3, -0.25) is 4.79 Å². The summed E-state index contributed by atoms with van der Waals surface area (Å²) in [6.45, 7) is 3.75. The summed E-state index contributed by atoms with van der Waals surface area (Å²) >= 11 is 0. The van der Waals surface area contributed by atoms with E-state index in [1.807, 2.05) is 0 Å². The highest BCUT2D eigenvalue weighted by Crippen LogP contribution is 2.31. The van der Waals surface area contributed by atoms with E-state index in [-0.39, 0.29) is 11.7 Å². The van der Waals surface area contributed by atoms with Gasteiger partial charge in [0, 0.05) is 12.1 Å². The molecular weight excluding hydrogens is 246 g/mol. The molecule has 1 saturated heterocycles. The summed E-state index contributed by atoms with van der Waals surface area (Å²) in [5.41, 5.74) is -0.0571. The normalized spacial score (nSPS) is 22.5. The van der Waals surface area contributed by atoms with E-state index in [0.717, 1.165) is 0 Å². The molecule has 2 N–H and O–H groups in total. The van der Waals surface area contributed by atoms with Crippen molar-refractivity contribution in [3.8, 4) is 5.75 Å². The van der Waals surface area contributed by atoms with Crippen LogP contribution in [0.1, 0.15) is 35.7 Å². The van der Waals surface area contributed by atoms with Crippen molar-refractivity contribution >= 4 is 11.9 Å². The number of hydrogen-bond donors (Lipinski definition) is 2. The molecule has 1 fully saturated rings. The maximum absolute atomic E-state index is 12.5. The smallest absolute Gasteiger partial charge is 0.329 e. The molecule has 5 heteroatoms. The number of carbonyl (C=O) groups excluding carboxylic acids is 1. The second kappa shape index (κ2) is 4.57. The van der Waals surface area contributed by atoms with E-state index >= 15 is 0 Å². The van der Waals surface area contributed by atoms with Crippen molar-refractivity contribution in [1.29, 1.82) is 0 Å². The zero-order chi connectivity index (χ0) is 14.2. The maximum Gasteiger partial charge on any atom is 0.329 e. The number of aromatic hydroxyl groups is 1. The summed E-state index contributed by atoms with van der Waals surface area (Å²) < 4.78 is 0. The van der Waals surface area contributed by atoms with Gasteiger partial charge >= 0.3 is 5.97 Å². The summed E-state index contributed by atoms with van der Waals surface area (Å²) in [7, 11) is 0. The fourth-order valence-corrected chi connectivity index (χ4v) is 2.54. The molecule has 0 bridgehead atoms. The highest BCUT2D eigenvalue weighted by Gasteiger charge is 2.46. The van der Waals surface area contributed by atoms with Crippen LogP contribution in [-0.4, -0.2) is 39.1 Å². The quantitative estimate of drug-likeness (QED) is 0.852. The van der Waals surface area contributed by atoms with E-state index in [1.165, 1.54) is 23.1 Å². The van der Waals surface area contributed by atoms with Crippen molar-refractivity contribution in [2.45, 2.75) is 32.2 Å². The molecule has 0 spiro atoms. The van der Waals surface area contributed by atoms with Gasteiger partial charge in [0.1, 0.15) is 11.3 Å². The average Bonchev–Trinajstić information content (AvgIpc) is 2.72. The Morgan fingerprint density at radius 3 is 2.63 bits per heavy atom. The number of benzene rings is 1. The van der Waals surface area contributed by atoms with E-state index in [0.29, 0.717) is 30.5 Å². The highest BCUT2D eigenvalue weighted by atomic mass is 16.4. The summed E-state index contributed by atoms with van der Waals surface area (Å²) in [5.74, 6) is -1.17. The minimum absolute atomic E-state index is 0.0940. The number of phenolic OH excluding ortho intramolecular Hbond substituents is 1. The summed E-state index contributed by atoms with van der Waals surface area (Å²) in [4.78, 5) is 25.3. The maximum atomic E-state index is 12.5. The number of rotatable bonds is 2. The lowest BCUT2D eigenvalue weighted by atomic mass is 9.98. The molecule has 1 atom stereocenters. The van der Waals surface area contributed by atoms with Crippen LogP contribution in [0, 0.1) is 6.92 Å². The number of carboxylic acid groups (broad SMARTS) is 1. The molecule has 0 aromatic heterocycles. The molecule has 1 unspecified atom stereocenters. The van der Waals surface area contributed by atoms with Crippen LogP contribution in [0.25, 0.3) is 0 Å². The monoisotopic (exact) mass is 263 g/mol. The largest absolute Gasteiger partial charge is 0.508 e. The Bertz CT molecular complexity index is 540. The van der Waals surface area contributed by atoms with Crippen LogP contribution in [0.5, 0.6) is 5.75 Å². The number of hydrogen-bond acceptors (Lipinski definition) is 3. The van der Waals surface area contributed by atoms with Crippen molar-refractivity contribution < 1.29 is 19.8 Å². The molecule has 2 rings (SSSR count). The molecule has 5 nitrogen and oxygen atoms in total. The fourth-order valence-electron chi connectivity index (χ4n) is 2.54. The molecule has 1 aromatic carbocycles. The van der Waals surface area contributed by atoms with Gasteiger partial charge in [-0.1, -0.05) is 0 Å².